The summed E-state index contributed by atoms with van der Waals surface area (Å²) in [5.74, 6) is -0.569. The van der Waals surface area contributed by atoms with Crippen molar-refractivity contribution in [2.45, 2.75) is 45.4 Å². The Kier molecular flexibility index (Phi) is 5.43. The van der Waals surface area contributed by atoms with Gasteiger partial charge in [-0.2, -0.15) is 0 Å². The predicted octanol–water partition coefficient (Wildman–Crippen LogP) is 2.09. The highest BCUT2D eigenvalue weighted by molar-refractivity contribution is 7.91. The Labute approximate surface area is 103 Å². The van der Waals surface area contributed by atoms with Crippen LogP contribution in [0.5, 0.6) is 0 Å². The van der Waals surface area contributed by atoms with E-state index >= 15 is 0 Å². The van der Waals surface area contributed by atoms with Crippen molar-refractivity contribution in [1.29, 1.82) is 0 Å². The van der Waals surface area contributed by atoms with Crippen LogP contribution in [-0.4, -0.2) is 31.0 Å². The van der Waals surface area contributed by atoms with E-state index in [-0.39, 0.29) is 23.3 Å². The lowest BCUT2D eigenvalue weighted by atomic mass is 9.87. The molecule has 1 rings (SSSR count). The molecule has 0 heterocycles. The van der Waals surface area contributed by atoms with Gasteiger partial charge in [0.15, 0.2) is 0 Å². The molecule has 1 saturated carbocycles. The molecule has 4 nitrogen and oxygen atoms in total. The zero-order valence-corrected chi connectivity index (χ0v) is 11.2. The Bertz CT molecular complexity index is 342. The molecule has 0 aromatic heterocycles. The van der Waals surface area contributed by atoms with Crippen LogP contribution in [0.2, 0.25) is 0 Å². The first-order chi connectivity index (χ1) is 7.96. The van der Waals surface area contributed by atoms with Crippen LogP contribution in [0.25, 0.3) is 0 Å². The second-order valence-electron chi connectivity index (χ2n) is 4.87. The number of aliphatic carboxylic acids is 1. The van der Waals surface area contributed by atoms with Crippen LogP contribution < -0.4 is 0 Å². The minimum Gasteiger partial charge on any atom is -0.481 e. The van der Waals surface area contributed by atoms with Crippen molar-refractivity contribution in [2.24, 2.45) is 11.8 Å². The Hall–Kier alpha value is -0.580. The van der Waals surface area contributed by atoms with Gasteiger partial charge in [0.1, 0.15) is 9.84 Å². The minimum atomic E-state index is -2.96. The molecule has 0 radical (unpaired) electrons. The summed E-state index contributed by atoms with van der Waals surface area (Å²) in [6, 6.07) is 0. The van der Waals surface area contributed by atoms with E-state index in [4.69, 9.17) is 0 Å². The molecule has 0 bridgehead atoms. The maximum Gasteiger partial charge on any atom is 0.306 e. The topological polar surface area (TPSA) is 71.4 Å². The summed E-state index contributed by atoms with van der Waals surface area (Å²) in [6.45, 7) is 1.63. The SMILES string of the molecule is CCS(=O)(=O)CCCC(C(=O)O)C1CCCC1. The molecule has 0 aromatic rings. The molecule has 100 valence electrons. The van der Waals surface area contributed by atoms with Crippen molar-refractivity contribution in [3.8, 4) is 0 Å². The Morgan fingerprint density at radius 3 is 2.41 bits per heavy atom. The third-order valence-electron chi connectivity index (χ3n) is 3.70. The largest absolute Gasteiger partial charge is 0.481 e. The lowest BCUT2D eigenvalue weighted by Gasteiger charge is -2.18. The number of hydrogen-bond donors (Lipinski definition) is 1. The molecule has 0 aromatic carbocycles. The first kappa shape index (κ1) is 14.5. The van der Waals surface area contributed by atoms with Crippen LogP contribution in [-0.2, 0) is 14.6 Å². The number of carboxylic acids is 1. The summed E-state index contributed by atoms with van der Waals surface area (Å²) in [6.07, 6.45) is 5.17. The highest BCUT2D eigenvalue weighted by Gasteiger charge is 2.30. The van der Waals surface area contributed by atoms with E-state index in [0.717, 1.165) is 25.7 Å². The van der Waals surface area contributed by atoms with E-state index in [2.05, 4.69) is 0 Å². The van der Waals surface area contributed by atoms with Crippen molar-refractivity contribution < 1.29 is 18.3 Å². The summed E-state index contributed by atoms with van der Waals surface area (Å²) in [5, 5.41) is 9.17. The fraction of sp³-hybridized carbons (Fsp3) is 0.917. The van der Waals surface area contributed by atoms with Gasteiger partial charge >= 0.3 is 5.97 Å². The zero-order chi connectivity index (χ0) is 12.9. The monoisotopic (exact) mass is 262 g/mol. The molecule has 5 heteroatoms. The second kappa shape index (κ2) is 6.38. The Morgan fingerprint density at radius 2 is 1.94 bits per heavy atom. The van der Waals surface area contributed by atoms with Gasteiger partial charge in [0.05, 0.1) is 11.7 Å². The molecule has 0 saturated heterocycles. The maximum absolute atomic E-state index is 11.3. The Balaban J connectivity index is 2.42. The van der Waals surface area contributed by atoms with Gasteiger partial charge in [0.25, 0.3) is 0 Å². The van der Waals surface area contributed by atoms with Crippen LogP contribution in [0.15, 0.2) is 0 Å². The van der Waals surface area contributed by atoms with Gasteiger partial charge in [0, 0.05) is 5.75 Å². The summed E-state index contributed by atoms with van der Waals surface area (Å²) in [5.41, 5.74) is 0. The van der Waals surface area contributed by atoms with Gasteiger partial charge < -0.3 is 5.11 Å². The second-order valence-corrected chi connectivity index (χ2v) is 7.34. The van der Waals surface area contributed by atoms with Crippen LogP contribution in [0.3, 0.4) is 0 Å². The van der Waals surface area contributed by atoms with Crippen LogP contribution in [0.1, 0.15) is 45.4 Å². The molecule has 17 heavy (non-hydrogen) atoms. The molecule has 1 atom stereocenters. The smallest absolute Gasteiger partial charge is 0.306 e. The standard InChI is InChI=1S/C12H22O4S/c1-2-17(15,16)9-5-8-11(12(13)14)10-6-3-4-7-10/h10-11H,2-9H2,1H3,(H,13,14). The summed E-state index contributed by atoms with van der Waals surface area (Å²) < 4.78 is 22.6. The van der Waals surface area contributed by atoms with Crippen molar-refractivity contribution in [2.75, 3.05) is 11.5 Å². The lowest BCUT2D eigenvalue weighted by Crippen LogP contribution is -2.23. The van der Waals surface area contributed by atoms with E-state index in [1.165, 1.54) is 0 Å². The molecule has 1 N–H and O–H groups in total. The highest BCUT2D eigenvalue weighted by atomic mass is 32.2. The third-order valence-corrected chi connectivity index (χ3v) is 5.49. The number of sulfone groups is 1. The normalized spacial score (nSPS) is 19.4. The van der Waals surface area contributed by atoms with Gasteiger partial charge in [-0.1, -0.05) is 19.8 Å². The van der Waals surface area contributed by atoms with E-state index in [1.807, 2.05) is 0 Å². The first-order valence-corrected chi connectivity index (χ1v) is 8.21. The fourth-order valence-corrected chi connectivity index (χ4v) is 3.48. The average molecular weight is 262 g/mol. The van der Waals surface area contributed by atoms with Crippen LogP contribution >= 0.6 is 0 Å². The molecule has 1 aliphatic carbocycles. The number of hydrogen-bond acceptors (Lipinski definition) is 3. The van der Waals surface area contributed by atoms with E-state index in [1.54, 1.807) is 6.92 Å². The van der Waals surface area contributed by atoms with E-state index < -0.39 is 15.8 Å². The third kappa shape index (κ3) is 4.66. The molecule has 1 aliphatic rings. The van der Waals surface area contributed by atoms with Gasteiger partial charge in [0.2, 0.25) is 0 Å². The van der Waals surface area contributed by atoms with E-state index in [0.29, 0.717) is 12.8 Å². The van der Waals surface area contributed by atoms with Gasteiger partial charge in [-0.15, -0.1) is 0 Å². The molecular weight excluding hydrogens is 240 g/mol. The van der Waals surface area contributed by atoms with Crippen molar-refractivity contribution >= 4 is 15.8 Å². The van der Waals surface area contributed by atoms with E-state index in [9.17, 15) is 18.3 Å². The van der Waals surface area contributed by atoms with Crippen molar-refractivity contribution in [3.05, 3.63) is 0 Å². The minimum absolute atomic E-state index is 0.125. The predicted molar refractivity (Wildman–Crippen MR) is 66.6 cm³/mol. The molecule has 1 fully saturated rings. The van der Waals surface area contributed by atoms with Crippen molar-refractivity contribution in [1.82, 2.24) is 0 Å². The Morgan fingerprint density at radius 1 is 1.35 bits per heavy atom. The summed E-state index contributed by atoms with van der Waals surface area (Å²) in [7, 11) is -2.96. The number of carboxylic acid groups (broad SMARTS) is 1. The maximum atomic E-state index is 11.3. The number of rotatable bonds is 7. The molecule has 0 spiro atoms. The fourth-order valence-electron chi connectivity index (χ4n) is 2.59. The quantitative estimate of drug-likeness (QED) is 0.762. The lowest BCUT2D eigenvalue weighted by molar-refractivity contribution is -0.143. The summed E-state index contributed by atoms with van der Waals surface area (Å²) in [4.78, 5) is 11.2. The number of carbonyl (C=O) groups is 1. The van der Waals surface area contributed by atoms with Gasteiger partial charge in [-0.05, 0) is 31.6 Å². The van der Waals surface area contributed by atoms with Gasteiger partial charge in [-0.25, -0.2) is 8.42 Å². The van der Waals surface area contributed by atoms with Gasteiger partial charge in [-0.3, -0.25) is 4.79 Å². The average Bonchev–Trinajstić information content (AvgIpc) is 2.77. The van der Waals surface area contributed by atoms with Crippen molar-refractivity contribution in [3.63, 3.8) is 0 Å². The molecule has 0 amide bonds. The zero-order valence-electron chi connectivity index (χ0n) is 10.4. The highest BCUT2D eigenvalue weighted by Crippen LogP contribution is 2.33. The molecular formula is C12H22O4S. The summed E-state index contributed by atoms with van der Waals surface area (Å²) >= 11 is 0. The van der Waals surface area contributed by atoms with Crippen LogP contribution in [0.4, 0.5) is 0 Å². The molecule has 0 aliphatic heterocycles. The first-order valence-electron chi connectivity index (χ1n) is 6.39. The van der Waals surface area contributed by atoms with Crippen LogP contribution in [0, 0.1) is 11.8 Å². The molecule has 1 unspecified atom stereocenters.